The van der Waals surface area contributed by atoms with Crippen molar-refractivity contribution < 1.29 is 0 Å². The third-order valence-electron chi connectivity index (χ3n) is 4.45. The molecular weight excluding hydrogens is 377 g/mol. The van der Waals surface area contributed by atoms with Gasteiger partial charge < -0.3 is 4.90 Å². The molecule has 0 bridgehead atoms. The maximum atomic E-state index is 6.03. The molecule has 0 saturated heterocycles. The number of halogens is 2. The van der Waals surface area contributed by atoms with E-state index in [0.717, 1.165) is 28.2 Å². The number of hydrogen-bond acceptors (Lipinski definition) is 3. The zero-order valence-corrected chi connectivity index (χ0v) is 16.0. The summed E-state index contributed by atoms with van der Waals surface area (Å²) in [5.74, 6) is 0. The fourth-order valence-electron chi connectivity index (χ4n) is 3.01. The van der Waals surface area contributed by atoms with Crippen molar-refractivity contribution in [3.63, 3.8) is 0 Å². The summed E-state index contributed by atoms with van der Waals surface area (Å²) in [7, 11) is 0. The minimum atomic E-state index is 0.659. The average molecular weight is 394 g/mol. The zero-order chi connectivity index (χ0) is 18.6. The number of rotatable bonds is 3. The first-order valence-corrected chi connectivity index (χ1v) is 9.40. The molecule has 3 aromatic rings. The molecule has 134 valence electrons. The molecule has 1 aliphatic heterocycles. The van der Waals surface area contributed by atoms with Crippen LogP contribution in [0.4, 0.5) is 5.69 Å². The zero-order valence-electron chi connectivity index (χ0n) is 14.5. The predicted octanol–water partition coefficient (Wildman–Crippen LogP) is 5.71. The molecule has 4 rings (SSSR count). The lowest BCUT2D eigenvalue weighted by atomic mass is 10.1. The molecule has 0 fully saturated rings. The summed E-state index contributed by atoms with van der Waals surface area (Å²) >= 11 is 12.1. The van der Waals surface area contributed by atoms with Crippen molar-refractivity contribution in [3.8, 4) is 0 Å². The molecule has 0 N–H and O–H groups in total. The third-order valence-corrected chi connectivity index (χ3v) is 4.95. The van der Waals surface area contributed by atoms with Crippen LogP contribution in [0.5, 0.6) is 0 Å². The van der Waals surface area contributed by atoms with Crippen molar-refractivity contribution in [2.45, 2.75) is 0 Å². The summed E-state index contributed by atoms with van der Waals surface area (Å²) in [6.07, 6.45) is 0. The minimum absolute atomic E-state index is 0.659. The van der Waals surface area contributed by atoms with Gasteiger partial charge in [-0.25, -0.2) is 0 Å². The maximum Gasteiger partial charge on any atom is 0.0896 e. The Balaban J connectivity index is 1.75. The van der Waals surface area contributed by atoms with Crippen molar-refractivity contribution in [1.29, 1.82) is 0 Å². The van der Waals surface area contributed by atoms with Gasteiger partial charge in [-0.15, -0.1) is 0 Å². The van der Waals surface area contributed by atoms with Crippen molar-refractivity contribution in [2.75, 3.05) is 18.0 Å². The lowest BCUT2D eigenvalue weighted by Crippen LogP contribution is -2.33. The van der Waals surface area contributed by atoms with Gasteiger partial charge in [-0.3, -0.25) is 0 Å². The highest BCUT2D eigenvalue weighted by Gasteiger charge is 2.19. The van der Waals surface area contributed by atoms with Gasteiger partial charge in [0.25, 0.3) is 0 Å². The van der Waals surface area contributed by atoms with E-state index in [0.29, 0.717) is 23.1 Å². The second-order valence-corrected chi connectivity index (χ2v) is 7.17. The van der Waals surface area contributed by atoms with Crippen LogP contribution in [-0.4, -0.2) is 24.5 Å². The van der Waals surface area contributed by atoms with Gasteiger partial charge in [0.1, 0.15) is 0 Å². The van der Waals surface area contributed by atoms with Crippen LogP contribution in [0.3, 0.4) is 0 Å². The molecule has 0 amide bonds. The van der Waals surface area contributed by atoms with Crippen LogP contribution in [0.2, 0.25) is 10.0 Å². The third kappa shape index (κ3) is 4.21. The molecular formula is C22H17Cl2N3. The molecule has 3 nitrogen and oxygen atoms in total. The lowest BCUT2D eigenvalue weighted by Gasteiger charge is -2.24. The summed E-state index contributed by atoms with van der Waals surface area (Å²) in [4.78, 5) is 2.27. The van der Waals surface area contributed by atoms with Crippen LogP contribution in [0.1, 0.15) is 11.1 Å². The van der Waals surface area contributed by atoms with Gasteiger partial charge in [0.2, 0.25) is 0 Å². The van der Waals surface area contributed by atoms with Crippen LogP contribution in [0.25, 0.3) is 0 Å². The molecule has 27 heavy (non-hydrogen) atoms. The highest BCUT2D eigenvalue weighted by Crippen LogP contribution is 2.20. The number of para-hydroxylation sites is 1. The van der Waals surface area contributed by atoms with Crippen LogP contribution in [0, 0.1) is 0 Å². The Kier molecular flexibility index (Phi) is 5.23. The SMILES string of the molecule is Clc1ccc(C2=NN=C(c3ccc(Cl)cc3)CN(c3ccccc3)C2)cc1. The Morgan fingerprint density at radius 2 is 1.04 bits per heavy atom. The van der Waals surface area contributed by atoms with E-state index in [1.165, 1.54) is 0 Å². The fourth-order valence-corrected chi connectivity index (χ4v) is 3.26. The molecule has 5 heteroatoms. The second kappa shape index (κ2) is 7.95. The molecule has 0 radical (unpaired) electrons. The Morgan fingerprint density at radius 3 is 1.48 bits per heavy atom. The molecule has 3 aromatic carbocycles. The van der Waals surface area contributed by atoms with E-state index < -0.39 is 0 Å². The van der Waals surface area contributed by atoms with Crippen molar-refractivity contribution >= 4 is 40.3 Å². The molecule has 0 aliphatic carbocycles. The summed E-state index contributed by atoms with van der Waals surface area (Å²) in [5, 5.41) is 10.5. The molecule has 1 heterocycles. The monoisotopic (exact) mass is 393 g/mol. The molecule has 0 atom stereocenters. The molecule has 0 saturated carbocycles. The molecule has 0 spiro atoms. The van der Waals surface area contributed by atoms with E-state index in [-0.39, 0.29) is 0 Å². The number of benzene rings is 3. The van der Waals surface area contributed by atoms with Gasteiger partial charge in [-0.05, 0) is 47.5 Å². The van der Waals surface area contributed by atoms with Gasteiger partial charge in [0.15, 0.2) is 0 Å². The van der Waals surface area contributed by atoms with Crippen LogP contribution in [0.15, 0.2) is 89.1 Å². The number of hydrogen-bond donors (Lipinski definition) is 0. The van der Waals surface area contributed by atoms with E-state index in [1.807, 2.05) is 66.7 Å². The first-order valence-electron chi connectivity index (χ1n) is 8.64. The normalized spacial score (nSPS) is 14.4. The summed E-state index contributed by atoms with van der Waals surface area (Å²) < 4.78 is 0. The Hall–Kier alpha value is -2.62. The van der Waals surface area contributed by atoms with E-state index in [2.05, 4.69) is 27.2 Å². The number of anilines is 1. The second-order valence-electron chi connectivity index (χ2n) is 6.30. The molecule has 0 unspecified atom stereocenters. The lowest BCUT2D eigenvalue weighted by molar-refractivity contribution is 1.01. The highest BCUT2D eigenvalue weighted by atomic mass is 35.5. The summed E-state index contributed by atoms with van der Waals surface area (Å²) in [6.45, 7) is 1.32. The van der Waals surface area contributed by atoms with E-state index >= 15 is 0 Å². The van der Waals surface area contributed by atoms with Crippen LogP contribution < -0.4 is 4.90 Å². The van der Waals surface area contributed by atoms with Gasteiger partial charge in [-0.2, -0.15) is 10.2 Å². The first kappa shape index (κ1) is 17.8. The fraction of sp³-hybridized carbons (Fsp3) is 0.0909. The van der Waals surface area contributed by atoms with Crippen molar-refractivity contribution in [1.82, 2.24) is 0 Å². The van der Waals surface area contributed by atoms with Crippen molar-refractivity contribution in [2.24, 2.45) is 10.2 Å². The summed E-state index contributed by atoms with van der Waals surface area (Å²) in [6, 6.07) is 25.7. The predicted molar refractivity (Wildman–Crippen MR) is 115 cm³/mol. The van der Waals surface area contributed by atoms with Gasteiger partial charge in [0, 0.05) is 15.7 Å². The van der Waals surface area contributed by atoms with E-state index in [9.17, 15) is 0 Å². The van der Waals surface area contributed by atoms with E-state index in [4.69, 9.17) is 23.2 Å². The van der Waals surface area contributed by atoms with Gasteiger partial charge >= 0.3 is 0 Å². The van der Waals surface area contributed by atoms with Gasteiger partial charge in [-0.1, -0.05) is 65.7 Å². The van der Waals surface area contributed by atoms with Crippen LogP contribution in [-0.2, 0) is 0 Å². The number of nitrogens with zero attached hydrogens (tertiary/aromatic N) is 3. The smallest absolute Gasteiger partial charge is 0.0896 e. The molecule has 0 aromatic heterocycles. The quantitative estimate of drug-likeness (QED) is 0.560. The molecule has 1 aliphatic rings. The topological polar surface area (TPSA) is 28.0 Å². The van der Waals surface area contributed by atoms with Crippen LogP contribution >= 0.6 is 23.2 Å². The first-order chi connectivity index (χ1) is 13.2. The van der Waals surface area contributed by atoms with Crippen molar-refractivity contribution in [3.05, 3.63) is 100 Å². The van der Waals surface area contributed by atoms with Gasteiger partial charge in [0.05, 0.1) is 24.5 Å². The minimum Gasteiger partial charge on any atom is -0.360 e. The largest absolute Gasteiger partial charge is 0.360 e. The van der Waals surface area contributed by atoms with E-state index in [1.54, 1.807) is 0 Å². The Labute approximate surface area is 168 Å². The standard InChI is InChI=1S/C22H17Cl2N3/c23-18-10-6-16(7-11-18)21-14-27(20-4-2-1-3-5-20)15-22(26-25-21)17-8-12-19(24)13-9-17/h1-13H,14-15H2. The highest BCUT2D eigenvalue weighted by molar-refractivity contribution is 6.31. The Morgan fingerprint density at radius 1 is 0.593 bits per heavy atom. The average Bonchev–Trinajstić information content (AvgIpc) is 2.93. The summed E-state index contributed by atoms with van der Waals surface area (Å²) in [5.41, 5.74) is 4.96. The Bertz CT molecular complexity index is 915. The maximum absolute atomic E-state index is 6.03.